The molecule has 14 heteroatoms. The van der Waals surface area contributed by atoms with E-state index in [1.165, 1.54) is 13.4 Å². The van der Waals surface area contributed by atoms with Gasteiger partial charge in [-0.2, -0.15) is 18.2 Å². The molecule has 2 aliphatic rings. The first-order valence-corrected chi connectivity index (χ1v) is 13.1. The van der Waals surface area contributed by atoms with Crippen LogP contribution in [0.25, 0.3) is 22.8 Å². The van der Waals surface area contributed by atoms with E-state index in [0.717, 1.165) is 43.1 Å². The van der Waals surface area contributed by atoms with Crippen LogP contribution in [-0.2, 0) is 12.8 Å². The van der Waals surface area contributed by atoms with Crippen LogP contribution in [0.15, 0.2) is 42.9 Å². The van der Waals surface area contributed by atoms with Crippen LogP contribution in [0.3, 0.4) is 0 Å². The van der Waals surface area contributed by atoms with Crippen molar-refractivity contribution in [2.45, 2.75) is 63.5 Å². The fourth-order valence-corrected chi connectivity index (χ4v) is 4.54. The van der Waals surface area contributed by atoms with Crippen molar-refractivity contribution in [2.75, 3.05) is 7.11 Å². The van der Waals surface area contributed by atoms with Crippen molar-refractivity contribution in [1.82, 2.24) is 29.5 Å². The Hall–Kier alpha value is -3.00. The predicted molar refractivity (Wildman–Crippen MR) is 143 cm³/mol. The molecule has 212 valence electrons. The minimum absolute atomic E-state index is 0. The number of hydrogen-bond donors (Lipinski definition) is 1. The summed E-state index contributed by atoms with van der Waals surface area (Å²) >= 11 is 0. The number of methoxy groups -OCH3 is 1. The summed E-state index contributed by atoms with van der Waals surface area (Å²) in [6, 6.07) is 8.66. The summed E-state index contributed by atoms with van der Waals surface area (Å²) in [5.41, 5.74) is 2.23. The Kier molecular flexibility index (Phi) is 9.66. The van der Waals surface area contributed by atoms with Crippen molar-refractivity contribution in [3.63, 3.8) is 0 Å². The van der Waals surface area contributed by atoms with Gasteiger partial charge in [0.1, 0.15) is 24.3 Å². The van der Waals surface area contributed by atoms with Crippen LogP contribution < -0.4 is 39.0 Å². The molecule has 42 heavy (non-hydrogen) atoms. The number of benzene rings is 1. The Morgan fingerprint density at radius 3 is 2.36 bits per heavy atom. The van der Waals surface area contributed by atoms with E-state index in [4.69, 9.17) is 9.47 Å². The fourth-order valence-electron chi connectivity index (χ4n) is 4.54. The molecule has 3 heterocycles. The first-order valence-electron chi connectivity index (χ1n) is 13.1. The average Bonchev–Trinajstić information content (AvgIpc) is 3.89. The molecule has 2 fully saturated rings. The second-order valence-corrected chi connectivity index (χ2v) is 10.1. The standard InChI is InChI=1S/C28H27F3N6O3.B.Na/c1-15(38)20-11-22(36-25(34-20)23-24(17-7-8-17)32-14-33-27(23)39-2)40-13-16-3-5-18(6-4-16)26-35-21(28(29,30)31)12-37(26)19-9-10-19;;/h3-6,11-12,14-15,17,19,38H,7-10,13H2,1-2H3;;/q;-1;+1. The van der Waals surface area contributed by atoms with Gasteiger partial charge in [0.05, 0.1) is 24.6 Å². The molecule has 3 aromatic heterocycles. The second-order valence-electron chi connectivity index (χ2n) is 10.1. The Morgan fingerprint density at radius 1 is 1.05 bits per heavy atom. The summed E-state index contributed by atoms with van der Waals surface area (Å²) in [5.74, 6) is 1.47. The van der Waals surface area contributed by atoms with Gasteiger partial charge >= 0.3 is 35.7 Å². The molecule has 0 saturated heterocycles. The van der Waals surface area contributed by atoms with Crippen molar-refractivity contribution >= 4 is 8.41 Å². The summed E-state index contributed by atoms with van der Waals surface area (Å²) in [5, 5.41) is 10.3. The molecule has 2 saturated carbocycles. The SMILES string of the molecule is COc1ncnc(C2CC2)c1-c1nc(OCc2ccc(-c3nc(C(F)(F)F)cn3C3CC3)cc2)cc(C(C)O)n1.[B-].[Na+]. The molecule has 1 aromatic carbocycles. The molecule has 0 spiro atoms. The van der Waals surface area contributed by atoms with E-state index in [1.807, 2.05) is 0 Å². The molecule has 0 amide bonds. The molecule has 9 nitrogen and oxygen atoms in total. The zero-order chi connectivity index (χ0) is 28.0. The van der Waals surface area contributed by atoms with E-state index in [1.54, 1.807) is 41.8 Å². The van der Waals surface area contributed by atoms with Gasteiger partial charge in [0, 0.05) is 29.8 Å². The van der Waals surface area contributed by atoms with Gasteiger partial charge in [-0.3, -0.25) is 0 Å². The number of ether oxygens (including phenoxy) is 2. The molecular formula is C28H27BF3N6NaO3. The van der Waals surface area contributed by atoms with Crippen LogP contribution in [0, 0.1) is 0 Å². The van der Waals surface area contributed by atoms with Crippen LogP contribution in [0.1, 0.15) is 73.3 Å². The average molecular weight is 586 g/mol. The zero-order valence-electron chi connectivity index (χ0n) is 23.5. The molecular weight excluding hydrogens is 559 g/mol. The van der Waals surface area contributed by atoms with E-state index in [0.29, 0.717) is 34.3 Å². The number of rotatable bonds is 9. The maximum atomic E-state index is 13.3. The van der Waals surface area contributed by atoms with Crippen LogP contribution >= 0.6 is 0 Å². The largest absolute Gasteiger partial charge is 1.00 e. The van der Waals surface area contributed by atoms with Gasteiger partial charge in [-0.25, -0.2) is 19.9 Å². The molecule has 4 aromatic rings. The van der Waals surface area contributed by atoms with Gasteiger partial charge in [0.2, 0.25) is 11.8 Å². The molecule has 6 rings (SSSR count). The Balaban J connectivity index is 0.00000202. The van der Waals surface area contributed by atoms with E-state index in [-0.39, 0.29) is 62.4 Å². The zero-order valence-corrected chi connectivity index (χ0v) is 25.5. The third kappa shape index (κ3) is 6.80. The normalized spacial score (nSPS) is 15.4. The Bertz CT molecular complexity index is 1540. The summed E-state index contributed by atoms with van der Waals surface area (Å²) < 4.78 is 53.0. The summed E-state index contributed by atoms with van der Waals surface area (Å²) in [6.07, 6.45) is 0.853. The molecule has 2 aliphatic carbocycles. The predicted octanol–water partition coefficient (Wildman–Crippen LogP) is 2.29. The van der Waals surface area contributed by atoms with E-state index >= 15 is 0 Å². The van der Waals surface area contributed by atoms with Crippen molar-refractivity contribution in [3.8, 4) is 34.5 Å². The summed E-state index contributed by atoms with van der Waals surface area (Å²) in [6.45, 7) is 1.74. The number of aromatic nitrogens is 6. The maximum Gasteiger partial charge on any atom is 1.00 e. The van der Waals surface area contributed by atoms with Gasteiger partial charge in [0.15, 0.2) is 11.5 Å². The van der Waals surface area contributed by atoms with Crippen molar-refractivity contribution in [1.29, 1.82) is 0 Å². The van der Waals surface area contributed by atoms with Crippen LogP contribution in [0.5, 0.6) is 11.8 Å². The van der Waals surface area contributed by atoms with Crippen molar-refractivity contribution < 1.29 is 57.3 Å². The van der Waals surface area contributed by atoms with Gasteiger partial charge in [0.25, 0.3) is 0 Å². The number of alkyl halides is 3. The van der Waals surface area contributed by atoms with Gasteiger partial charge < -0.3 is 27.6 Å². The summed E-state index contributed by atoms with van der Waals surface area (Å²) in [7, 11) is 1.52. The summed E-state index contributed by atoms with van der Waals surface area (Å²) in [4.78, 5) is 21.7. The topological polar surface area (TPSA) is 108 Å². The van der Waals surface area contributed by atoms with E-state index in [9.17, 15) is 18.3 Å². The Morgan fingerprint density at radius 2 is 1.76 bits per heavy atom. The van der Waals surface area contributed by atoms with E-state index < -0.39 is 18.0 Å². The molecule has 1 unspecified atom stereocenters. The number of hydrogen-bond acceptors (Lipinski definition) is 8. The molecule has 1 atom stereocenters. The first kappa shape index (κ1) is 31.9. The van der Waals surface area contributed by atoms with Gasteiger partial charge in [-0.1, -0.05) is 24.3 Å². The van der Waals surface area contributed by atoms with E-state index in [2.05, 4.69) is 24.9 Å². The minimum atomic E-state index is -4.50. The monoisotopic (exact) mass is 586 g/mol. The minimum Gasteiger partial charge on any atom is -1.00 e. The van der Waals surface area contributed by atoms with Gasteiger partial charge in [-0.05, 0) is 38.2 Å². The number of nitrogens with zero attached hydrogens (tertiary/aromatic N) is 6. The maximum absolute atomic E-state index is 13.3. The smallest absolute Gasteiger partial charge is 1.00 e. The second kappa shape index (κ2) is 12.7. The molecule has 4 radical (unpaired) electrons. The number of imidazole rings is 1. The molecule has 0 aliphatic heterocycles. The molecule has 0 bridgehead atoms. The van der Waals surface area contributed by atoms with Crippen LogP contribution in [0.4, 0.5) is 13.2 Å². The van der Waals surface area contributed by atoms with Crippen LogP contribution in [-0.4, -0.2) is 50.1 Å². The van der Waals surface area contributed by atoms with Crippen molar-refractivity contribution in [3.05, 3.63) is 65.5 Å². The van der Waals surface area contributed by atoms with Gasteiger partial charge in [-0.15, -0.1) is 0 Å². The number of aliphatic hydroxyl groups is 1. The Labute approximate surface area is 264 Å². The third-order valence-corrected chi connectivity index (χ3v) is 6.94. The molecule has 1 N–H and O–H groups in total. The van der Waals surface area contributed by atoms with Crippen molar-refractivity contribution in [2.24, 2.45) is 0 Å². The first-order chi connectivity index (χ1) is 19.2. The quantitative estimate of drug-likeness (QED) is 0.298. The fraction of sp³-hybridized carbons (Fsp3) is 0.393. The van der Waals surface area contributed by atoms with Crippen LogP contribution in [0.2, 0.25) is 0 Å². The number of halogens is 3. The third-order valence-electron chi connectivity index (χ3n) is 6.94. The number of aliphatic hydroxyl groups excluding tert-OH is 1.